The summed E-state index contributed by atoms with van der Waals surface area (Å²) in [6.07, 6.45) is -4.28. The SMILES string of the molecule is O=C1CCSc2sc(C(=O)N3CCN(c4ccccc4OC(F)(F)F)CC3)cc21. The Morgan fingerprint density at radius 1 is 1.10 bits per heavy atom. The maximum Gasteiger partial charge on any atom is 0.573 e. The van der Waals surface area contributed by atoms with Crippen LogP contribution in [-0.4, -0.2) is 54.9 Å². The third kappa shape index (κ3) is 4.37. The molecule has 2 aromatic rings. The molecule has 1 aromatic carbocycles. The van der Waals surface area contributed by atoms with Gasteiger partial charge in [0.15, 0.2) is 11.5 Å². The normalized spacial score (nSPS) is 17.3. The molecule has 0 spiro atoms. The third-order valence-electron chi connectivity index (χ3n) is 4.77. The molecule has 10 heteroatoms. The zero-order valence-electron chi connectivity index (χ0n) is 15.2. The van der Waals surface area contributed by atoms with Gasteiger partial charge in [0.25, 0.3) is 5.91 Å². The van der Waals surface area contributed by atoms with Gasteiger partial charge in [0.1, 0.15) is 0 Å². The van der Waals surface area contributed by atoms with E-state index < -0.39 is 6.36 Å². The van der Waals surface area contributed by atoms with Gasteiger partial charge in [0, 0.05) is 43.9 Å². The van der Waals surface area contributed by atoms with E-state index in [0.29, 0.717) is 48.7 Å². The Hall–Kier alpha value is -2.20. The Kier molecular flexibility index (Phi) is 5.48. The molecule has 0 saturated carbocycles. The number of piperazine rings is 1. The standard InChI is InChI=1S/C19H17F3N2O3S2/c20-19(21,22)27-15-4-2-1-3-13(15)23-6-8-24(9-7-23)17(26)16-11-12-14(25)5-10-28-18(12)29-16/h1-4,11H,5-10H2. The number of Topliss-reactive ketones (excluding diaryl/α,β-unsaturated/α-hetero) is 1. The van der Waals surface area contributed by atoms with Crippen molar-refractivity contribution in [1.82, 2.24) is 4.90 Å². The highest BCUT2D eigenvalue weighted by atomic mass is 32.2. The van der Waals surface area contributed by atoms with Gasteiger partial charge in [-0.05, 0) is 18.2 Å². The minimum atomic E-state index is -4.76. The number of alkyl halides is 3. The van der Waals surface area contributed by atoms with E-state index in [4.69, 9.17) is 0 Å². The highest BCUT2D eigenvalue weighted by Crippen LogP contribution is 2.38. The van der Waals surface area contributed by atoms with Crippen LogP contribution in [0.2, 0.25) is 0 Å². The van der Waals surface area contributed by atoms with Crippen LogP contribution >= 0.6 is 23.1 Å². The summed E-state index contributed by atoms with van der Waals surface area (Å²) in [5, 5.41) is 0. The van der Waals surface area contributed by atoms with Gasteiger partial charge in [-0.3, -0.25) is 9.59 Å². The predicted octanol–water partition coefficient (Wildman–Crippen LogP) is 4.29. The molecule has 3 heterocycles. The second-order valence-electron chi connectivity index (χ2n) is 6.63. The van der Waals surface area contributed by atoms with Crippen LogP contribution in [-0.2, 0) is 0 Å². The van der Waals surface area contributed by atoms with E-state index in [-0.39, 0.29) is 17.4 Å². The number of carbonyl (C=O) groups is 2. The minimum absolute atomic E-state index is 0.0696. The summed E-state index contributed by atoms with van der Waals surface area (Å²) in [5.74, 6) is 0.414. The first-order valence-corrected chi connectivity index (χ1v) is 10.8. The molecule has 5 nitrogen and oxygen atoms in total. The molecule has 1 aromatic heterocycles. The van der Waals surface area contributed by atoms with Crippen molar-refractivity contribution in [3.05, 3.63) is 40.8 Å². The van der Waals surface area contributed by atoms with Gasteiger partial charge < -0.3 is 14.5 Å². The number of thiophene rings is 1. The second kappa shape index (κ2) is 7.91. The van der Waals surface area contributed by atoms with E-state index in [1.165, 1.54) is 23.5 Å². The Morgan fingerprint density at radius 3 is 2.52 bits per heavy atom. The van der Waals surface area contributed by atoms with Crippen molar-refractivity contribution >= 4 is 40.5 Å². The number of rotatable bonds is 3. The van der Waals surface area contributed by atoms with Gasteiger partial charge in [-0.2, -0.15) is 0 Å². The van der Waals surface area contributed by atoms with Crippen LogP contribution in [0.3, 0.4) is 0 Å². The summed E-state index contributed by atoms with van der Waals surface area (Å²) in [6, 6.07) is 7.68. The highest BCUT2D eigenvalue weighted by Gasteiger charge is 2.33. The van der Waals surface area contributed by atoms with Crippen molar-refractivity contribution in [2.24, 2.45) is 0 Å². The minimum Gasteiger partial charge on any atom is -0.404 e. The number of anilines is 1. The molecular weight excluding hydrogens is 425 g/mol. The van der Waals surface area contributed by atoms with Crippen LogP contribution in [0.25, 0.3) is 0 Å². The van der Waals surface area contributed by atoms with Crippen molar-refractivity contribution in [3.63, 3.8) is 0 Å². The summed E-state index contributed by atoms with van der Waals surface area (Å²) < 4.78 is 43.0. The molecule has 2 aliphatic heterocycles. The molecule has 0 atom stereocenters. The first kappa shape index (κ1) is 20.1. The van der Waals surface area contributed by atoms with Gasteiger partial charge in [-0.1, -0.05) is 12.1 Å². The summed E-state index contributed by atoms with van der Waals surface area (Å²) in [7, 11) is 0. The van der Waals surface area contributed by atoms with Gasteiger partial charge in [-0.15, -0.1) is 36.3 Å². The van der Waals surface area contributed by atoms with Crippen molar-refractivity contribution in [1.29, 1.82) is 0 Å². The van der Waals surface area contributed by atoms with Crippen molar-refractivity contribution in [2.75, 3.05) is 36.8 Å². The largest absolute Gasteiger partial charge is 0.573 e. The molecule has 29 heavy (non-hydrogen) atoms. The quantitative estimate of drug-likeness (QED) is 0.710. The van der Waals surface area contributed by atoms with E-state index in [2.05, 4.69) is 4.74 Å². The number of carbonyl (C=O) groups excluding carboxylic acids is 2. The molecule has 1 amide bonds. The van der Waals surface area contributed by atoms with Crippen LogP contribution in [0.5, 0.6) is 5.75 Å². The van der Waals surface area contributed by atoms with E-state index in [0.717, 1.165) is 9.96 Å². The molecule has 0 bridgehead atoms. The molecule has 1 fully saturated rings. The second-order valence-corrected chi connectivity index (χ2v) is 9.04. The summed E-state index contributed by atoms with van der Waals surface area (Å²) >= 11 is 2.93. The van der Waals surface area contributed by atoms with Gasteiger partial charge in [-0.25, -0.2) is 0 Å². The Labute approximate surface area is 173 Å². The Bertz CT molecular complexity index is 937. The van der Waals surface area contributed by atoms with E-state index >= 15 is 0 Å². The predicted molar refractivity (Wildman–Crippen MR) is 105 cm³/mol. The summed E-state index contributed by atoms with van der Waals surface area (Å²) in [6.45, 7) is 1.54. The zero-order chi connectivity index (χ0) is 20.6. The first-order valence-electron chi connectivity index (χ1n) is 9.00. The molecule has 2 aliphatic rings. The fraction of sp³-hybridized carbons (Fsp3) is 0.368. The number of ether oxygens (including phenoxy) is 1. The van der Waals surface area contributed by atoms with Crippen molar-refractivity contribution in [3.8, 4) is 5.75 Å². The first-order chi connectivity index (χ1) is 13.8. The molecule has 0 radical (unpaired) electrons. The molecule has 0 N–H and O–H groups in total. The molecule has 1 saturated heterocycles. The number of benzene rings is 1. The van der Waals surface area contributed by atoms with Crippen LogP contribution in [0, 0.1) is 0 Å². The van der Waals surface area contributed by atoms with Gasteiger partial charge in [0.2, 0.25) is 0 Å². The smallest absolute Gasteiger partial charge is 0.404 e. The molecule has 4 rings (SSSR count). The van der Waals surface area contributed by atoms with Crippen LogP contribution < -0.4 is 9.64 Å². The Balaban J connectivity index is 1.44. The number of amides is 1. The molecule has 0 aliphatic carbocycles. The average Bonchev–Trinajstić information content (AvgIpc) is 3.13. The number of nitrogens with zero attached hydrogens (tertiary/aromatic N) is 2. The average molecular weight is 442 g/mol. The highest BCUT2D eigenvalue weighted by molar-refractivity contribution is 8.01. The third-order valence-corrected chi connectivity index (χ3v) is 7.18. The topological polar surface area (TPSA) is 49.9 Å². The fourth-order valence-electron chi connectivity index (χ4n) is 3.39. The summed E-state index contributed by atoms with van der Waals surface area (Å²) in [4.78, 5) is 28.8. The van der Waals surface area contributed by atoms with Crippen molar-refractivity contribution < 1.29 is 27.5 Å². The molecule has 154 valence electrons. The van der Waals surface area contributed by atoms with Crippen LogP contribution in [0.1, 0.15) is 26.5 Å². The van der Waals surface area contributed by atoms with E-state index in [1.54, 1.807) is 39.8 Å². The number of hydrogen-bond donors (Lipinski definition) is 0. The van der Waals surface area contributed by atoms with E-state index in [9.17, 15) is 22.8 Å². The number of hydrogen-bond acceptors (Lipinski definition) is 6. The Morgan fingerprint density at radius 2 is 1.83 bits per heavy atom. The maximum absolute atomic E-state index is 12.8. The number of thioether (sulfide) groups is 1. The van der Waals surface area contributed by atoms with Gasteiger partial charge >= 0.3 is 6.36 Å². The lowest BCUT2D eigenvalue weighted by atomic mass is 10.1. The number of ketones is 1. The monoisotopic (exact) mass is 442 g/mol. The lowest BCUT2D eigenvalue weighted by molar-refractivity contribution is -0.274. The number of halogens is 3. The van der Waals surface area contributed by atoms with E-state index in [1.807, 2.05) is 0 Å². The van der Waals surface area contributed by atoms with Crippen LogP contribution in [0.4, 0.5) is 18.9 Å². The fourth-order valence-corrected chi connectivity index (χ4v) is 5.82. The van der Waals surface area contributed by atoms with Gasteiger partial charge in [0.05, 0.1) is 14.8 Å². The zero-order valence-corrected chi connectivity index (χ0v) is 16.8. The summed E-state index contributed by atoms with van der Waals surface area (Å²) in [5.41, 5.74) is 0.983. The number of fused-ring (bicyclic) bond motifs is 1. The lowest BCUT2D eigenvalue weighted by Gasteiger charge is -2.36. The van der Waals surface area contributed by atoms with Crippen molar-refractivity contribution in [2.45, 2.75) is 17.0 Å². The molecular formula is C19H17F3N2O3S2. The molecule has 0 unspecified atom stereocenters. The lowest BCUT2D eigenvalue weighted by Crippen LogP contribution is -2.48. The number of para-hydroxylation sites is 2. The maximum atomic E-state index is 12.8. The van der Waals surface area contributed by atoms with Crippen LogP contribution in [0.15, 0.2) is 34.5 Å².